The summed E-state index contributed by atoms with van der Waals surface area (Å²) in [5.41, 5.74) is 2.33. The Hall–Kier alpha value is -2.27. The highest BCUT2D eigenvalue weighted by Crippen LogP contribution is 2.35. The van der Waals surface area contributed by atoms with E-state index >= 15 is 0 Å². The summed E-state index contributed by atoms with van der Waals surface area (Å²) in [4.78, 5) is 16.2. The molecule has 0 bridgehead atoms. The molecule has 1 aromatic carbocycles. The highest BCUT2D eigenvalue weighted by Gasteiger charge is 2.30. The zero-order valence-electron chi connectivity index (χ0n) is 15.5. The first-order chi connectivity index (χ1) is 12.7. The van der Waals surface area contributed by atoms with Crippen molar-refractivity contribution in [3.63, 3.8) is 0 Å². The third kappa shape index (κ3) is 3.78. The number of fused-ring (bicyclic) bond motifs is 1. The second-order valence-corrected chi connectivity index (χ2v) is 7.26. The number of nitrogens with zero attached hydrogens (tertiary/aromatic N) is 1. The fourth-order valence-corrected chi connectivity index (χ4v) is 4.39. The fourth-order valence-electron chi connectivity index (χ4n) is 3.46. The maximum Gasteiger partial charge on any atom is 0.261 e. The Morgan fingerprint density at radius 1 is 1.35 bits per heavy atom. The van der Waals surface area contributed by atoms with Crippen LogP contribution in [0.25, 0.3) is 6.08 Å². The monoisotopic (exact) mass is 371 g/mol. The number of carbonyl (C=O) groups excluding carboxylic acids is 1. The van der Waals surface area contributed by atoms with Crippen LogP contribution in [0.2, 0.25) is 0 Å². The average molecular weight is 372 g/mol. The van der Waals surface area contributed by atoms with Gasteiger partial charge in [0.25, 0.3) is 5.91 Å². The van der Waals surface area contributed by atoms with Crippen molar-refractivity contribution in [3.05, 3.63) is 51.7 Å². The van der Waals surface area contributed by atoms with E-state index in [0.717, 1.165) is 24.9 Å². The minimum atomic E-state index is 0.0216. The zero-order valence-corrected chi connectivity index (χ0v) is 16.3. The molecule has 3 rings (SSSR count). The summed E-state index contributed by atoms with van der Waals surface area (Å²) in [6.45, 7) is 4.87. The Labute approximate surface area is 159 Å². The average Bonchev–Trinajstić information content (AvgIpc) is 3.14. The summed E-state index contributed by atoms with van der Waals surface area (Å²) >= 11 is 1.79. The number of hydrogen-bond donors (Lipinski definition) is 0. The molecule has 138 valence electrons. The molecule has 0 N–H and O–H groups in total. The molecule has 4 nitrogen and oxygen atoms in total. The van der Waals surface area contributed by atoms with Crippen LogP contribution in [0.5, 0.6) is 11.5 Å². The maximum atomic E-state index is 12.8. The molecule has 1 aliphatic heterocycles. The molecule has 2 heterocycles. The molecule has 2 aromatic rings. The van der Waals surface area contributed by atoms with Gasteiger partial charge in [-0.3, -0.25) is 4.79 Å². The number of allylic oxidation sites excluding steroid dienone is 1. The lowest BCUT2D eigenvalue weighted by atomic mass is 9.98. The van der Waals surface area contributed by atoms with Crippen LogP contribution in [0.1, 0.15) is 42.3 Å². The van der Waals surface area contributed by atoms with Gasteiger partial charge in [0.15, 0.2) is 18.1 Å². The van der Waals surface area contributed by atoms with Crippen molar-refractivity contribution in [1.29, 1.82) is 0 Å². The van der Waals surface area contributed by atoms with Crippen LogP contribution in [0.4, 0.5) is 0 Å². The first-order valence-corrected chi connectivity index (χ1v) is 9.85. The number of ether oxygens (including phenoxy) is 2. The van der Waals surface area contributed by atoms with Crippen LogP contribution in [-0.2, 0) is 11.2 Å². The highest BCUT2D eigenvalue weighted by atomic mass is 32.1. The second-order valence-electron chi connectivity index (χ2n) is 6.26. The largest absolute Gasteiger partial charge is 0.493 e. The molecule has 1 atom stereocenters. The molecule has 1 amide bonds. The Morgan fingerprint density at radius 2 is 2.19 bits per heavy atom. The maximum absolute atomic E-state index is 12.8. The number of hydrogen-bond acceptors (Lipinski definition) is 4. The topological polar surface area (TPSA) is 38.8 Å². The van der Waals surface area contributed by atoms with Gasteiger partial charge in [-0.1, -0.05) is 25.1 Å². The third-order valence-corrected chi connectivity index (χ3v) is 5.70. The Balaban J connectivity index is 1.69. The number of carbonyl (C=O) groups is 1. The van der Waals surface area contributed by atoms with E-state index in [0.29, 0.717) is 11.5 Å². The van der Waals surface area contributed by atoms with Crippen molar-refractivity contribution in [2.45, 2.75) is 32.7 Å². The molecular formula is C21H25NO3S. The van der Waals surface area contributed by atoms with Crippen molar-refractivity contribution < 1.29 is 14.3 Å². The summed E-state index contributed by atoms with van der Waals surface area (Å²) in [6, 6.07) is 8.02. The standard InChI is InChI=1S/C21H25NO3S/c1-4-6-15-7-8-18(19(13-15)24-3)25-14-21(23)22-11-9-20-16(10-12-26-20)17(22)5-2/h4,6-8,10,12-13,17H,5,9,11,14H2,1-3H3/b6-4+. The summed E-state index contributed by atoms with van der Waals surface area (Å²) in [5, 5.41) is 2.12. The molecule has 26 heavy (non-hydrogen) atoms. The van der Waals surface area contributed by atoms with Crippen molar-refractivity contribution in [3.8, 4) is 11.5 Å². The van der Waals surface area contributed by atoms with E-state index in [4.69, 9.17) is 9.47 Å². The molecule has 5 heteroatoms. The van der Waals surface area contributed by atoms with Gasteiger partial charge < -0.3 is 14.4 Å². The smallest absolute Gasteiger partial charge is 0.261 e. The number of rotatable bonds is 6. The molecule has 1 unspecified atom stereocenters. The Bertz CT molecular complexity index is 796. The number of thiophene rings is 1. The van der Waals surface area contributed by atoms with Crippen molar-refractivity contribution in [2.75, 3.05) is 20.3 Å². The summed E-state index contributed by atoms with van der Waals surface area (Å²) in [7, 11) is 1.61. The Kier molecular flexibility index (Phi) is 5.99. The van der Waals surface area contributed by atoms with E-state index in [1.165, 1.54) is 10.4 Å². The molecule has 1 aliphatic rings. The van der Waals surface area contributed by atoms with Crippen LogP contribution in [-0.4, -0.2) is 31.1 Å². The lowest BCUT2D eigenvalue weighted by Gasteiger charge is -2.35. The van der Waals surface area contributed by atoms with Gasteiger partial charge in [-0.05, 0) is 54.5 Å². The molecule has 0 radical (unpaired) electrons. The SMILES string of the molecule is C/C=C/c1ccc(OCC(=O)N2CCc3sccc3C2CC)c(OC)c1. The van der Waals surface area contributed by atoms with Crippen molar-refractivity contribution in [1.82, 2.24) is 4.90 Å². The minimum absolute atomic E-state index is 0.0216. The molecule has 0 spiro atoms. The van der Waals surface area contributed by atoms with Gasteiger partial charge in [0.2, 0.25) is 0 Å². The fraction of sp³-hybridized carbons (Fsp3) is 0.381. The van der Waals surface area contributed by atoms with Crippen LogP contribution >= 0.6 is 11.3 Å². The quantitative estimate of drug-likeness (QED) is 0.738. The van der Waals surface area contributed by atoms with Gasteiger partial charge in [0.1, 0.15) is 0 Å². The van der Waals surface area contributed by atoms with E-state index < -0.39 is 0 Å². The van der Waals surface area contributed by atoms with Crippen molar-refractivity contribution in [2.24, 2.45) is 0 Å². The molecule has 0 aliphatic carbocycles. The second kappa shape index (κ2) is 8.41. The molecular weight excluding hydrogens is 346 g/mol. The Morgan fingerprint density at radius 3 is 2.92 bits per heavy atom. The van der Waals surface area contributed by atoms with E-state index in [1.54, 1.807) is 18.4 Å². The number of benzene rings is 1. The third-order valence-electron chi connectivity index (χ3n) is 4.70. The molecule has 1 aromatic heterocycles. The molecule has 0 saturated carbocycles. The van der Waals surface area contributed by atoms with Gasteiger partial charge in [0, 0.05) is 11.4 Å². The predicted molar refractivity (Wildman–Crippen MR) is 106 cm³/mol. The summed E-state index contributed by atoms with van der Waals surface area (Å²) in [5.74, 6) is 1.25. The van der Waals surface area contributed by atoms with E-state index in [-0.39, 0.29) is 18.6 Å². The van der Waals surface area contributed by atoms with Gasteiger partial charge in [-0.2, -0.15) is 0 Å². The van der Waals surface area contributed by atoms with E-state index in [2.05, 4.69) is 18.4 Å². The van der Waals surface area contributed by atoms with Gasteiger partial charge in [-0.25, -0.2) is 0 Å². The van der Waals surface area contributed by atoms with Gasteiger partial charge in [-0.15, -0.1) is 11.3 Å². The first-order valence-electron chi connectivity index (χ1n) is 8.97. The van der Waals surface area contributed by atoms with Crippen LogP contribution in [0.3, 0.4) is 0 Å². The minimum Gasteiger partial charge on any atom is -0.493 e. The lowest BCUT2D eigenvalue weighted by Crippen LogP contribution is -2.41. The van der Waals surface area contributed by atoms with Crippen LogP contribution in [0.15, 0.2) is 35.7 Å². The number of amides is 1. The van der Waals surface area contributed by atoms with Crippen molar-refractivity contribution >= 4 is 23.3 Å². The molecule has 0 fully saturated rings. The highest BCUT2D eigenvalue weighted by molar-refractivity contribution is 7.10. The van der Waals surface area contributed by atoms with Crippen LogP contribution < -0.4 is 9.47 Å². The predicted octanol–water partition coefficient (Wildman–Crippen LogP) is 4.70. The first kappa shape index (κ1) is 18.5. The van der Waals surface area contributed by atoms with Crippen LogP contribution in [0, 0.1) is 0 Å². The zero-order chi connectivity index (χ0) is 18.5. The van der Waals surface area contributed by atoms with Gasteiger partial charge in [0.05, 0.1) is 13.2 Å². The van der Waals surface area contributed by atoms with Gasteiger partial charge >= 0.3 is 0 Å². The van der Waals surface area contributed by atoms with E-state index in [9.17, 15) is 4.79 Å². The molecule has 0 saturated heterocycles. The van der Waals surface area contributed by atoms with E-state index in [1.807, 2.05) is 42.2 Å². The number of methoxy groups -OCH3 is 1. The lowest BCUT2D eigenvalue weighted by molar-refractivity contribution is -0.136. The summed E-state index contributed by atoms with van der Waals surface area (Å²) < 4.78 is 11.2. The normalized spacial score (nSPS) is 16.6. The summed E-state index contributed by atoms with van der Waals surface area (Å²) in [6.07, 6.45) is 5.81.